The van der Waals surface area contributed by atoms with Crippen LogP contribution < -0.4 is 5.73 Å². The van der Waals surface area contributed by atoms with E-state index in [4.69, 9.17) is 5.73 Å². The Kier molecular flexibility index (Phi) is 6.07. The van der Waals surface area contributed by atoms with Crippen molar-refractivity contribution in [1.82, 2.24) is 4.57 Å². The van der Waals surface area contributed by atoms with E-state index >= 15 is 0 Å². The molecule has 0 saturated carbocycles. The van der Waals surface area contributed by atoms with Gasteiger partial charge in [-0.05, 0) is 23.8 Å². The third-order valence-corrected chi connectivity index (χ3v) is 5.24. The summed E-state index contributed by atoms with van der Waals surface area (Å²) >= 11 is 0. The maximum Gasteiger partial charge on any atom is 0.417 e. The average Bonchev–Trinajstić information content (AvgIpc) is 3.01. The second-order valence-electron chi connectivity index (χ2n) is 8.45. The van der Waals surface area contributed by atoms with E-state index in [0.29, 0.717) is 0 Å². The van der Waals surface area contributed by atoms with Crippen LogP contribution in [0.25, 0.3) is 22.0 Å². The number of hydrogen-bond acceptors (Lipinski definition) is 2. The van der Waals surface area contributed by atoms with Crippen LogP contribution in [0.5, 0.6) is 0 Å². The summed E-state index contributed by atoms with van der Waals surface area (Å²) in [7, 11) is 0. The molecule has 174 valence electrons. The zero-order valence-electron chi connectivity index (χ0n) is 17.2. The van der Waals surface area contributed by atoms with Crippen LogP contribution in [-0.2, 0) is 12.7 Å². The minimum atomic E-state index is -4.82. The molecule has 0 aliphatic heterocycles. The first-order valence-electron chi connectivity index (χ1n) is 9.58. The topological polar surface area (TPSA) is 51.2 Å². The summed E-state index contributed by atoms with van der Waals surface area (Å²) in [4.78, 5) is 0. The lowest BCUT2D eigenvalue weighted by Gasteiger charge is -2.23. The highest BCUT2D eigenvalue weighted by Gasteiger charge is 2.40. The highest BCUT2D eigenvalue weighted by atomic mass is 19.4. The zero-order valence-corrected chi connectivity index (χ0v) is 17.2. The van der Waals surface area contributed by atoms with Crippen LogP contribution in [-0.4, -0.2) is 22.5 Å². The van der Waals surface area contributed by atoms with Gasteiger partial charge in [0.1, 0.15) is 11.9 Å². The van der Waals surface area contributed by atoms with Gasteiger partial charge in [0, 0.05) is 46.8 Å². The van der Waals surface area contributed by atoms with Crippen LogP contribution in [0.15, 0.2) is 42.6 Å². The molecule has 0 amide bonds. The lowest BCUT2D eigenvalue weighted by Crippen LogP contribution is -2.28. The average molecular weight is 462 g/mol. The smallest absolute Gasteiger partial charge is 0.396 e. The first-order valence-corrected chi connectivity index (χ1v) is 9.58. The molecule has 3 rings (SSSR count). The van der Waals surface area contributed by atoms with Gasteiger partial charge in [-0.3, -0.25) is 0 Å². The molecule has 1 atom stereocenters. The molecule has 10 heteroatoms. The van der Waals surface area contributed by atoms with Gasteiger partial charge in [0.25, 0.3) is 0 Å². The van der Waals surface area contributed by atoms with Crippen molar-refractivity contribution in [2.24, 2.45) is 11.1 Å². The lowest BCUT2D eigenvalue weighted by molar-refractivity contribution is -0.149. The second-order valence-corrected chi connectivity index (χ2v) is 8.45. The predicted molar refractivity (Wildman–Crippen MR) is 106 cm³/mol. The van der Waals surface area contributed by atoms with Gasteiger partial charge in [-0.25, -0.2) is 4.39 Å². The molecule has 0 saturated heterocycles. The fourth-order valence-corrected chi connectivity index (χ4v) is 3.58. The Morgan fingerprint density at radius 3 is 2.19 bits per heavy atom. The molecule has 2 aromatic carbocycles. The quantitative estimate of drug-likeness (QED) is 0.454. The van der Waals surface area contributed by atoms with E-state index in [2.05, 4.69) is 0 Å². The molecule has 0 bridgehead atoms. The number of halogens is 7. The molecule has 1 aromatic heterocycles. The van der Waals surface area contributed by atoms with Crippen molar-refractivity contribution >= 4 is 10.9 Å². The number of hydrogen-bond donors (Lipinski definition) is 2. The molecule has 32 heavy (non-hydrogen) atoms. The summed E-state index contributed by atoms with van der Waals surface area (Å²) in [5, 5.41) is 9.41. The van der Waals surface area contributed by atoms with Gasteiger partial charge in [0.15, 0.2) is 0 Å². The number of aliphatic hydroxyl groups excluding tert-OH is 1. The number of rotatable bonds is 5. The number of nitrogens with zero attached hydrogens (tertiary/aromatic N) is 1. The first-order chi connectivity index (χ1) is 14.7. The van der Waals surface area contributed by atoms with E-state index in [1.54, 1.807) is 13.8 Å². The Hall–Kier alpha value is -2.59. The highest BCUT2D eigenvalue weighted by molar-refractivity contribution is 5.89. The summed E-state index contributed by atoms with van der Waals surface area (Å²) in [5.74, 6) is -1.11. The summed E-state index contributed by atoms with van der Waals surface area (Å²) in [6.07, 6.45) is -8.47. The van der Waals surface area contributed by atoms with Crippen molar-refractivity contribution in [3.05, 3.63) is 59.5 Å². The fourth-order valence-electron chi connectivity index (χ4n) is 3.58. The third-order valence-electron chi connectivity index (χ3n) is 5.24. The number of fused-ring (bicyclic) bond motifs is 1. The van der Waals surface area contributed by atoms with Crippen molar-refractivity contribution in [2.45, 2.75) is 38.8 Å². The fraction of sp³-hybridized carbons (Fsp3) is 0.364. The van der Waals surface area contributed by atoms with Gasteiger partial charge in [-0.15, -0.1) is 0 Å². The molecule has 3 nitrogen and oxygen atoms in total. The molecule has 0 aliphatic carbocycles. The normalized spacial score (nSPS) is 14.2. The molecule has 1 heterocycles. The van der Waals surface area contributed by atoms with E-state index in [1.165, 1.54) is 10.6 Å². The van der Waals surface area contributed by atoms with Gasteiger partial charge in [0.2, 0.25) is 0 Å². The molecular weight excluding hydrogens is 441 g/mol. The van der Waals surface area contributed by atoms with Gasteiger partial charge in [0.05, 0.1) is 5.56 Å². The monoisotopic (exact) mass is 462 g/mol. The Bertz CT molecular complexity index is 1130. The third kappa shape index (κ3) is 4.61. The Morgan fingerprint density at radius 1 is 1.00 bits per heavy atom. The minimum Gasteiger partial charge on any atom is -0.396 e. The maximum atomic E-state index is 15.0. The number of aromatic nitrogens is 1. The van der Waals surface area contributed by atoms with Crippen molar-refractivity contribution < 1.29 is 35.8 Å². The Balaban J connectivity index is 2.32. The van der Waals surface area contributed by atoms with E-state index in [0.717, 1.165) is 36.5 Å². The van der Waals surface area contributed by atoms with E-state index in [-0.39, 0.29) is 24.1 Å². The van der Waals surface area contributed by atoms with Crippen molar-refractivity contribution in [2.75, 3.05) is 6.61 Å². The van der Waals surface area contributed by atoms with Gasteiger partial charge in [-0.1, -0.05) is 32.0 Å². The lowest BCUT2D eigenvalue weighted by atomic mass is 9.94. The molecule has 0 aliphatic rings. The van der Waals surface area contributed by atoms with Gasteiger partial charge in [-0.2, -0.15) is 26.3 Å². The van der Waals surface area contributed by atoms with Crippen LogP contribution in [0.4, 0.5) is 30.7 Å². The zero-order chi connectivity index (χ0) is 24.1. The molecule has 0 spiro atoms. The molecule has 3 aromatic rings. The summed E-state index contributed by atoms with van der Waals surface area (Å²) < 4.78 is 96.7. The van der Waals surface area contributed by atoms with Gasteiger partial charge < -0.3 is 15.4 Å². The number of nitrogens with two attached hydrogens (primary N) is 1. The van der Waals surface area contributed by atoms with Crippen LogP contribution in [0.3, 0.4) is 0 Å². The SMILES string of the molecule is CC(C)(CO)Cn1cc([C@H](N)C(F)(F)F)c2cc(F)c(-c3ccccc3C(F)(F)F)cc21. The Labute approximate surface area is 179 Å². The molecule has 0 radical (unpaired) electrons. The highest BCUT2D eigenvalue weighted by Crippen LogP contribution is 2.41. The van der Waals surface area contributed by atoms with Crippen LogP contribution >= 0.6 is 0 Å². The molecular formula is C22H21F7N2O. The minimum absolute atomic E-state index is 0.0244. The number of alkyl halides is 6. The molecule has 0 unspecified atom stereocenters. The number of benzene rings is 2. The second kappa shape index (κ2) is 8.08. The predicted octanol–water partition coefficient (Wildman–Crippen LogP) is 6.05. The van der Waals surface area contributed by atoms with Gasteiger partial charge >= 0.3 is 12.4 Å². The van der Waals surface area contributed by atoms with E-state index in [9.17, 15) is 35.8 Å². The van der Waals surface area contributed by atoms with E-state index < -0.39 is 51.9 Å². The van der Waals surface area contributed by atoms with Crippen molar-refractivity contribution in [1.29, 1.82) is 0 Å². The largest absolute Gasteiger partial charge is 0.417 e. The number of aliphatic hydroxyl groups is 1. The van der Waals surface area contributed by atoms with Crippen LogP contribution in [0, 0.1) is 11.2 Å². The Morgan fingerprint density at radius 2 is 1.62 bits per heavy atom. The first kappa shape index (κ1) is 24.1. The molecule has 0 fully saturated rings. The molecule has 3 N–H and O–H groups in total. The maximum absolute atomic E-state index is 15.0. The summed E-state index contributed by atoms with van der Waals surface area (Å²) in [6, 6.07) is 3.83. The summed E-state index contributed by atoms with van der Waals surface area (Å²) in [5.41, 5.74) is 2.36. The standard InChI is InChI=1S/C22H21F7N2O/c1-20(2,11-32)10-31-9-15(19(30)22(27,28)29)14-7-17(23)13(8-18(14)31)12-5-3-4-6-16(12)21(24,25)26/h3-9,19,32H,10-11,30H2,1-2H3/t19-/m0/s1. The van der Waals surface area contributed by atoms with Crippen molar-refractivity contribution in [3.8, 4) is 11.1 Å². The van der Waals surface area contributed by atoms with Crippen LogP contribution in [0.1, 0.15) is 31.0 Å². The van der Waals surface area contributed by atoms with Crippen LogP contribution in [0.2, 0.25) is 0 Å². The van der Waals surface area contributed by atoms with E-state index in [1.807, 2.05) is 0 Å². The van der Waals surface area contributed by atoms with Crippen molar-refractivity contribution in [3.63, 3.8) is 0 Å². The summed E-state index contributed by atoms with van der Waals surface area (Å²) in [6.45, 7) is 3.03.